The highest BCUT2D eigenvalue weighted by molar-refractivity contribution is 6.10. The van der Waals surface area contributed by atoms with Crippen LogP contribution in [-0.2, 0) is 0 Å². The number of non-ortho nitro benzene ring substituents is 1. The molecule has 0 radical (unpaired) electrons. The fourth-order valence-electron chi connectivity index (χ4n) is 2.25. The van der Waals surface area contributed by atoms with Crippen molar-refractivity contribution in [3.8, 4) is 17.8 Å². The Hall–Kier alpha value is -3.41. The van der Waals surface area contributed by atoms with E-state index < -0.39 is 11.5 Å². The maximum Gasteiger partial charge on any atom is 0.387 e. The van der Waals surface area contributed by atoms with E-state index in [4.69, 9.17) is 14.4 Å². The number of alkyl halides is 2. The first kappa shape index (κ1) is 14.5. The van der Waals surface area contributed by atoms with Gasteiger partial charge in [0.05, 0.1) is 10.3 Å². The molecule has 1 aromatic heterocycles. The molecule has 9 heteroatoms. The fourth-order valence-corrected chi connectivity index (χ4v) is 2.25. The van der Waals surface area contributed by atoms with Crippen molar-refractivity contribution in [2.24, 2.45) is 0 Å². The summed E-state index contributed by atoms with van der Waals surface area (Å²) in [5, 5.41) is 20.0. The van der Waals surface area contributed by atoms with Gasteiger partial charge in [-0.25, -0.2) is 0 Å². The number of ether oxygens (including phenoxy) is 2. The molecule has 0 bridgehead atoms. The maximum atomic E-state index is 12.5. The summed E-state index contributed by atoms with van der Waals surface area (Å²) in [6.07, 6.45) is 1.46. The van der Waals surface area contributed by atoms with Crippen LogP contribution >= 0.6 is 0 Å². The van der Waals surface area contributed by atoms with E-state index in [1.54, 1.807) is 0 Å². The Morgan fingerprint density at radius 1 is 1.26 bits per heavy atom. The zero-order valence-electron chi connectivity index (χ0n) is 11.2. The van der Waals surface area contributed by atoms with Crippen LogP contribution in [0.25, 0.3) is 21.9 Å². The molecular weight excluding hydrogens is 314 g/mol. The lowest BCUT2D eigenvalue weighted by molar-refractivity contribution is -0.384. The largest absolute Gasteiger partial charge is 0.452 e. The number of nitriles is 1. The van der Waals surface area contributed by atoms with Gasteiger partial charge in [0, 0.05) is 17.5 Å². The summed E-state index contributed by atoms with van der Waals surface area (Å²) in [5.74, 6) is -0.248. The van der Waals surface area contributed by atoms with E-state index in [-0.39, 0.29) is 39.1 Å². The van der Waals surface area contributed by atoms with Crippen molar-refractivity contribution in [1.29, 1.82) is 5.26 Å². The Morgan fingerprint density at radius 2 is 2.00 bits per heavy atom. The Labute approximate surface area is 126 Å². The normalized spacial score (nSPS) is 10.9. The number of hydrogen-bond donors (Lipinski definition) is 0. The van der Waals surface area contributed by atoms with Crippen LogP contribution in [0.2, 0.25) is 0 Å². The van der Waals surface area contributed by atoms with Gasteiger partial charge < -0.3 is 13.9 Å². The molecule has 0 aliphatic rings. The molecule has 0 saturated heterocycles. The molecule has 116 valence electrons. The Bertz CT molecular complexity index is 961. The standard InChI is InChI=1S/C14H6F2N2O5/c15-14(16)23-11-4-3-10(21-6-17)12-8-5-7(18(19)20)1-2-9(8)22-13(11)12/h1-5,14H. The highest BCUT2D eigenvalue weighted by Gasteiger charge is 2.21. The number of nitro groups is 1. The minimum Gasteiger partial charge on any atom is -0.452 e. The predicted octanol–water partition coefficient (Wildman–Crippen LogP) is 3.96. The average Bonchev–Trinajstić information content (AvgIpc) is 2.88. The molecule has 0 spiro atoms. The summed E-state index contributed by atoms with van der Waals surface area (Å²) < 4.78 is 39.6. The van der Waals surface area contributed by atoms with Crippen LogP contribution in [0, 0.1) is 21.6 Å². The monoisotopic (exact) mass is 320 g/mol. The van der Waals surface area contributed by atoms with E-state index in [0.717, 1.165) is 6.07 Å². The van der Waals surface area contributed by atoms with Gasteiger partial charge in [-0.05, 0) is 18.2 Å². The van der Waals surface area contributed by atoms with E-state index in [0.29, 0.717) is 0 Å². The number of furan rings is 1. The lowest BCUT2D eigenvalue weighted by atomic mass is 10.1. The second-order valence-corrected chi connectivity index (χ2v) is 4.38. The van der Waals surface area contributed by atoms with Crippen molar-refractivity contribution in [2.75, 3.05) is 0 Å². The van der Waals surface area contributed by atoms with Gasteiger partial charge in [-0.3, -0.25) is 10.1 Å². The third kappa shape index (κ3) is 2.46. The highest BCUT2D eigenvalue weighted by atomic mass is 19.3. The van der Waals surface area contributed by atoms with Crippen LogP contribution in [0.1, 0.15) is 0 Å². The van der Waals surface area contributed by atoms with Gasteiger partial charge in [0.25, 0.3) is 11.9 Å². The molecule has 0 saturated carbocycles. The van der Waals surface area contributed by atoms with Crippen molar-refractivity contribution < 1.29 is 27.6 Å². The molecule has 0 atom stereocenters. The summed E-state index contributed by atoms with van der Waals surface area (Å²) in [6.45, 7) is -3.08. The Kier molecular flexibility index (Phi) is 3.42. The number of nitrogens with zero attached hydrogens (tertiary/aromatic N) is 2. The quantitative estimate of drug-likeness (QED) is 0.410. The van der Waals surface area contributed by atoms with Crippen molar-refractivity contribution in [3.63, 3.8) is 0 Å². The molecule has 0 fully saturated rings. The third-order valence-corrected chi connectivity index (χ3v) is 3.11. The molecule has 3 aromatic rings. The summed E-state index contributed by atoms with van der Waals surface area (Å²) in [6, 6.07) is 6.16. The number of rotatable bonds is 4. The van der Waals surface area contributed by atoms with Crippen molar-refractivity contribution in [3.05, 3.63) is 40.4 Å². The van der Waals surface area contributed by atoms with Gasteiger partial charge in [-0.15, -0.1) is 5.26 Å². The van der Waals surface area contributed by atoms with E-state index in [2.05, 4.69) is 4.74 Å². The van der Waals surface area contributed by atoms with Crippen molar-refractivity contribution >= 4 is 27.6 Å². The van der Waals surface area contributed by atoms with E-state index in [9.17, 15) is 18.9 Å². The second-order valence-electron chi connectivity index (χ2n) is 4.38. The molecule has 0 N–H and O–H groups in total. The van der Waals surface area contributed by atoms with E-state index >= 15 is 0 Å². The Morgan fingerprint density at radius 3 is 2.65 bits per heavy atom. The first-order valence-corrected chi connectivity index (χ1v) is 6.15. The topological polar surface area (TPSA) is 98.5 Å². The lowest BCUT2D eigenvalue weighted by Crippen LogP contribution is -2.02. The minimum absolute atomic E-state index is 0.0170. The summed E-state index contributed by atoms with van der Waals surface area (Å²) in [4.78, 5) is 10.3. The lowest BCUT2D eigenvalue weighted by Gasteiger charge is -2.06. The van der Waals surface area contributed by atoms with Gasteiger partial charge in [0.15, 0.2) is 17.1 Å². The number of benzene rings is 2. The molecule has 3 rings (SSSR count). The zero-order valence-corrected chi connectivity index (χ0v) is 11.2. The predicted molar refractivity (Wildman–Crippen MR) is 73.2 cm³/mol. The first-order valence-electron chi connectivity index (χ1n) is 6.15. The van der Waals surface area contributed by atoms with Gasteiger partial charge in [-0.2, -0.15) is 8.78 Å². The van der Waals surface area contributed by atoms with Crippen LogP contribution in [-0.4, -0.2) is 11.5 Å². The Balaban J connectivity index is 2.37. The SMILES string of the molecule is N#COc1ccc(OC(F)F)c2oc3ccc([N+](=O)[O-])cc3c12. The summed E-state index contributed by atoms with van der Waals surface area (Å²) >= 11 is 0. The fraction of sp³-hybridized carbons (Fsp3) is 0.0714. The number of nitro benzene ring substituents is 1. The van der Waals surface area contributed by atoms with Gasteiger partial charge in [0.1, 0.15) is 5.58 Å². The molecule has 0 amide bonds. The first-order chi connectivity index (χ1) is 11.0. The van der Waals surface area contributed by atoms with Crippen LogP contribution < -0.4 is 9.47 Å². The molecule has 0 aliphatic heterocycles. The van der Waals surface area contributed by atoms with Crippen LogP contribution in [0.4, 0.5) is 14.5 Å². The third-order valence-electron chi connectivity index (χ3n) is 3.11. The summed E-state index contributed by atoms with van der Waals surface area (Å²) in [5.41, 5.74) is -0.101. The van der Waals surface area contributed by atoms with Gasteiger partial charge >= 0.3 is 6.61 Å². The number of halogens is 2. The van der Waals surface area contributed by atoms with Gasteiger partial charge in [0.2, 0.25) is 0 Å². The van der Waals surface area contributed by atoms with Gasteiger partial charge in [-0.1, -0.05) is 0 Å². The molecule has 0 aliphatic carbocycles. The van der Waals surface area contributed by atoms with E-state index in [1.807, 2.05) is 0 Å². The molecule has 23 heavy (non-hydrogen) atoms. The molecule has 2 aromatic carbocycles. The number of hydrogen-bond acceptors (Lipinski definition) is 6. The molecular formula is C14H6F2N2O5. The average molecular weight is 320 g/mol. The van der Waals surface area contributed by atoms with Crippen molar-refractivity contribution in [2.45, 2.75) is 6.61 Å². The highest BCUT2D eigenvalue weighted by Crippen LogP contribution is 2.42. The minimum atomic E-state index is -3.08. The van der Waals surface area contributed by atoms with Crippen LogP contribution in [0.15, 0.2) is 34.7 Å². The number of fused-ring (bicyclic) bond motifs is 3. The smallest absolute Gasteiger partial charge is 0.387 e. The van der Waals surface area contributed by atoms with Crippen LogP contribution in [0.5, 0.6) is 11.5 Å². The molecule has 0 unspecified atom stereocenters. The molecule has 7 nitrogen and oxygen atoms in total. The zero-order chi connectivity index (χ0) is 16.6. The summed E-state index contributed by atoms with van der Waals surface area (Å²) in [7, 11) is 0. The van der Waals surface area contributed by atoms with E-state index in [1.165, 1.54) is 30.5 Å². The second kappa shape index (κ2) is 5.42. The maximum absolute atomic E-state index is 12.5. The van der Waals surface area contributed by atoms with Crippen molar-refractivity contribution in [1.82, 2.24) is 0 Å². The van der Waals surface area contributed by atoms with Crippen LogP contribution in [0.3, 0.4) is 0 Å². The molecule has 1 heterocycles.